The summed E-state index contributed by atoms with van der Waals surface area (Å²) >= 11 is 1.39. The molecular formula is C29H38N8O4S. The maximum Gasteiger partial charge on any atom is 0.332 e. The highest BCUT2D eigenvalue weighted by molar-refractivity contribution is 7.22. The fourth-order valence-electron chi connectivity index (χ4n) is 5.72. The third-order valence-electron chi connectivity index (χ3n) is 7.75. The monoisotopic (exact) mass is 594 g/mol. The number of nitrogens with two attached hydrogens (primary N) is 2. The number of unbranched alkanes of at least 4 members (excludes halogenated alkanes) is 1. The predicted octanol–water partition coefficient (Wildman–Crippen LogP) is 2.73. The first-order chi connectivity index (χ1) is 20.2. The molecule has 2 aliphatic rings. The number of benzene rings is 2. The van der Waals surface area contributed by atoms with Crippen LogP contribution in [0.5, 0.6) is 5.75 Å². The largest absolute Gasteiger partial charge is 0.506 e. The van der Waals surface area contributed by atoms with Gasteiger partial charge in [-0.15, -0.1) is 0 Å². The molecule has 2 saturated heterocycles. The molecule has 2 fully saturated rings. The van der Waals surface area contributed by atoms with E-state index in [1.165, 1.54) is 17.4 Å². The SMILES string of the molecule is CCCCNC(=O)N(CCC)N1CC(=O)N2[C@@H](Cc3ccc(O)c(N)c3)C(=O)N(Cc3cccc4sc(N)nc34)C[C@@H]21. The Morgan fingerprint density at radius 1 is 1.19 bits per heavy atom. The second-order valence-corrected chi connectivity index (χ2v) is 11.8. The van der Waals surface area contributed by atoms with E-state index >= 15 is 0 Å². The van der Waals surface area contributed by atoms with Crippen molar-refractivity contribution in [1.82, 2.24) is 30.1 Å². The maximum atomic E-state index is 14.1. The normalized spacial score (nSPS) is 19.0. The number of carbonyl (C=O) groups excluding carboxylic acids is 3. The lowest BCUT2D eigenvalue weighted by atomic mass is 9.99. The molecule has 2 aromatic carbocycles. The summed E-state index contributed by atoms with van der Waals surface area (Å²) in [6.45, 7) is 5.50. The van der Waals surface area contributed by atoms with Crippen LogP contribution < -0.4 is 16.8 Å². The number of fused-ring (bicyclic) bond motifs is 2. The summed E-state index contributed by atoms with van der Waals surface area (Å²) in [5.74, 6) is -0.471. The molecule has 13 heteroatoms. The van der Waals surface area contributed by atoms with Gasteiger partial charge in [-0.3, -0.25) is 14.6 Å². The number of nitrogen functional groups attached to an aromatic ring is 2. The zero-order chi connectivity index (χ0) is 30.0. The van der Waals surface area contributed by atoms with Crippen molar-refractivity contribution < 1.29 is 19.5 Å². The number of aromatic hydroxyl groups is 1. The van der Waals surface area contributed by atoms with E-state index in [4.69, 9.17) is 11.5 Å². The third-order valence-corrected chi connectivity index (χ3v) is 8.60. The molecular weight excluding hydrogens is 556 g/mol. The number of hydrogen-bond donors (Lipinski definition) is 4. The van der Waals surface area contributed by atoms with Crippen molar-refractivity contribution >= 4 is 50.2 Å². The van der Waals surface area contributed by atoms with Crippen LogP contribution in [0.15, 0.2) is 36.4 Å². The van der Waals surface area contributed by atoms with Crippen molar-refractivity contribution in [3.05, 3.63) is 47.5 Å². The molecule has 0 unspecified atom stereocenters. The minimum Gasteiger partial charge on any atom is -0.506 e. The molecule has 5 rings (SSSR count). The highest BCUT2D eigenvalue weighted by Gasteiger charge is 2.52. The Labute approximate surface area is 248 Å². The van der Waals surface area contributed by atoms with Gasteiger partial charge in [0.2, 0.25) is 11.8 Å². The minimum atomic E-state index is -0.823. The summed E-state index contributed by atoms with van der Waals surface area (Å²) in [4.78, 5) is 48.9. The highest BCUT2D eigenvalue weighted by Crippen LogP contribution is 2.33. The van der Waals surface area contributed by atoms with Gasteiger partial charge in [0.15, 0.2) is 5.13 Å². The van der Waals surface area contributed by atoms with Crippen LogP contribution in [-0.4, -0.2) is 86.1 Å². The van der Waals surface area contributed by atoms with Crippen LogP contribution in [0.3, 0.4) is 0 Å². The molecule has 4 amide bonds. The molecule has 0 bridgehead atoms. The number of nitrogens with one attached hydrogen (secondary N) is 1. The number of amides is 4. The first-order valence-electron chi connectivity index (χ1n) is 14.3. The molecule has 224 valence electrons. The molecule has 0 saturated carbocycles. The summed E-state index contributed by atoms with van der Waals surface area (Å²) in [5.41, 5.74) is 14.5. The molecule has 2 atom stereocenters. The number of nitrogens with zero attached hydrogens (tertiary/aromatic N) is 5. The number of phenols is 1. The molecule has 0 aliphatic carbocycles. The molecule has 3 aromatic rings. The lowest BCUT2D eigenvalue weighted by molar-refractivity contribution is -0.157. The summed E-state index contributed by atoms with van der Waals surface area (Å²) in [5, 5.41) is 16.8. The molecule has 1 aromatic heterocycles. The number of aromatic nitrogens is 1. The fourth-order valence-corrected chi connectivity index (χ4v) is 6.50. The first kappa shape index (κ1) is 29.4. The Balaban J connectivity index is 1.50. The number of anilines is 2. The van der Waals surface area contributed by atoms with Gasteiger partial charge in [0, 0.05) is 26.1 Å². The summed E-state index contributed by atoms with van der Waals surface area (Å²) in [6, 6.07) is 9.53. The number of para-hydroxylation sites is 1. The summed E-state index contributed by atoms with van der Waals surface area (Å²) in [6.07, 6.45) is 2.17. The average molecular weight is 595 g/mol. The van der Waals surface area contributed by atoms with E-state index < -0.39 is 12.2 Å². The Hall–Kier alpha value is -4.10. The van der Waals surface area contributed by atoms with Crippen LogP contribution >= 0.6 is 11.3 Å². The number of hydrogen-bond acceptors (Lipinski definition) is 9. The topological polar surface area (TPSA) is 161 Å². The standard InChI is InChI=1S/C29H38N8O4S/c1-3-5-11-32-29(41)35(12-4-2)36-17-25(39)37-21(14-18-9-10-22(38)20(30)13-18)27(40)34(16-24(36)37)15-19-7-6-8-23-26(19)33-28(31)42-23/h6-10,13,21,24,38H,3-5,11-12,14-17,30H2,1-2H3,(H2,31,33)(H,32,41)/t21-,24+/m0/s1. The number of carbonyl (C=O) groups is 3. The van der Waals surface area contributed by atoms with Gasteiger partial charge in [0.25, 0.3) is 0 Å². The zero-order valence-electron chi connectivity index (χ0n) is 24.0. The van der Waals surface area contributed by atoms with Crippen molar-refractivity contribution in [2.24, 2.45) is 0 Å². The molecule has 0 spiro atoms. The van der Waals surface area contributed by atoms with Crippen molar-refractivity contribution in [1.29, 1.82) is 0 Å². The Kier molecular flexibility index (Phi) is 8.69. The van der Waals surface area contributed by atoms with E-state index in [1.807, 2.05) is 25.1 Å². The van der Waals surface area contributed by atoms with Crippen molar-refractivity contribution in [3.8, 4) is 5.75 Å². The van der Waals surface area contributed by atoms with E-state index in [1.54, 1.807) is 32.0 Å². The Morgan fingerprint density at radius 2 is 2.00 bits per heavy atom. The second-order valence-electron chi connectivity index (χ2n) is 10.7. The molecule has 0 radical (unpaired) electrons. The number of thiazole rings is 1. The van der Waals surface area contributed by atoms with Gasteiger partial charge >= 0.3 is 6.03 Å². The molecule has 42 heavy (non-hydrogen) atoms. The number of urea groups is 1. The van der Waals surface area contributed by atoms with E-state index in [0.717, 1.165) is 28.6 Å². The quantitative estimate of drug-likeness (QED) is 0.158. The minimum absolute atomic E-state index is 0.0145. The zero-order valence-corrected chi connectivity index (χ0v) is 24.8. The van der Waals surface area contributed by atoms with Crippen LogP contribution in [0.25, 0.3) is 10.2 Å². The van der Waals surface area contributed by atoms with Gasteiger partial charge in [-0.2, -0.15) is 5.01 Å². The van der Waals surface area contributed by atoms with Gasteiger partial charge in [0.05, 0.1) is 29.0 Å². The molecule has 2 aliphatic heterocycles. The van der Waals surface area contributed by atoms with Gasteiger partial charge < -0.3 is 31.7 Å². The number of hydrazine groups is 1. The van der Waals surface area contributed by atoms with Crippen LogP contribution in [0.4, 0.5) is 15.6 Å². The maximum absolute atomic E-state index is 14.1. The van der Waals surface area contributed by atoms with Crippen LogP contribution in [-0.2, 0) is 22.6 Å². The van der Waals surface area contributed by atoms with Crippen LogP contribution in [0.1, 0.15) is 44.2 Å². The average Bonchev–Trinajstić information content (AvgIpc) is 3.50. The number of piperazine rings is 1. The smallest absolute Gasteiger partial charge is 0.332 e. The highest BCUT2D eigenvalue weighted by atomic mass is 32.1. The Morgan fingerprint density at radius 3 is 2.74 bits per heavy atom. The van der Waals surface area contributed by atoms with E-state index in [9.17, 15) is 19.5 Å². The van der Waals surface area contributed by atoms with E-state index in [-0.39, 0.29) is 55.3 Å². The summed E-state index contributed by atoms with van der Waals surface area (Å²) in [7, 11) is 0. The van der Waals surface area contributed by atoms with Crippen molar-refractivity contribution in [2.45, 2.75) is 58.3 Å². The van der Waals surface area contributed by atoms with Crippen LogP contribution in [0.2, 0.25) is 0 Å². The Bertz CT molecular complexity index is 1480. The first-order valence-corrected chi connectivity index (χ1v) is 15.2. The fraction of sp³-hybridized carbons (Fsp3) is 0.448. The predicted molar refractivity (Wildman–Crippen MR) is 162 cm³/mol. The third kappa shape index (κ3) is 5.79. The lowest BCUT2D eigenvalue weighted by Gasteiger charge is -2.46. The molecule has 12 nitrogen and oxygen atoms in total. The second kappa shape index (κ2) is 12.4. The van der Waals surface area contributed by atoms with E-state index in [0.29, 0.717) is 30.2 Å². The lowest BCUT2D eigenvalue weighted by Crippen LogP contribution is -2.66. The number of rotatable bonds is 10. The van der Waals surface area contributed by atoms with Gasteiger partial charge in [-0.05, 0) is 42.2 Å². The van der Waals surface area contributed by atoms with Crippen molar-refractivity contribution in [2.75, 3.05) is 37.6 Å². The molecule has 3 heterocycles. The molecule has 6 N–H and O–H groups in total. The van der Waals surface area contributed by atoms with Gasteiger partial charge in [0.1, 0.15) is 18.0 Å². The van der Waals surface area contributed by atoms with Crippen LogP contribution in [0, 0.1) is 0 Å². The van der Waals surface area contributed by atoms with E-state index in [2.05, 4.69) is 17.2 Å². The van der Waals surface area contributed by atoms with Gasteiger partial charge in [-0.25, -0.2) is 9.78 Å². The van der Waals surface area contributed by atoms with Gasteiger partial charge in [-0.1, -0.05) is 49.8 Å². The summed E-state index contributed by atoms with van der Waals surface area (Å²) < 4.78 is 0.933. The number of phenolic OH excluding ortho intramolecular Hbond substituents is 1. The van der Waals surface area contributed by atoms with Crippen molar-refractivity contribution in [3.63, 3.8) is 0 Å².